The first-order valence-electron chi connectivity index (χ1n) is 5.56. The van der Waals surface area contributed by atoms with Crippen LogP contribution in [0.3, 0.4) is 0 Å². The van der Waals surface area contributed by atoms with E-state index in [1.54, 1.807) is 0 Å². The Hall–Kier alpha value is -1.08. The Labute approximate surface area is 133 Å². The number of rotatable bonds is 3. The molecule has 0 spiro atoms. The lowest BCUT2D eigenvalue weighted by atomic mass is 10.3. The molecule has 5 heteroatoms. The lowest BCUT2D eigenvalue weighted by molar-refractivity contribution is -0.114. The van der Waals surface area contributed by atoms with Crippen molar-refractivity contribution >= 4 is 50.1 Å². The average Bonchev–Trinajstić information content (AvgIpc) is 2.34. The van der Waals surface area contributed by atoms with Gasteiger partial charge in [-0.25, -0.2) is 0 Å². The van der Waals surface area contributed by atoms with Gasteiger partial charge < -0.3 is 10.1 Å². The number of anilines is 1. The predicted octanol–water partition coefficient (Wildman–Crippen LogP) is 4.80. The molecular weight excluding hydrogens is 421 g/mol. The second kappa shape index (κ2) is 6.38. The Morgan fingerprint density at radius 3 is 2.63 bits per heavy atom. The highest BCUT2D eigenvalue weighted by Gasteiger charge is 2.09. The van der Waals surface area contributed by atoms with Crippen molar-refractivity contribution in [3.05, 3.63) is 50.5 Å². The smallest absolute Gasteiger partial charge is 0.221 e. The minimum absolute atomic E-state index is 0.134. The highest BCUT2D eigenvalue weighted by Crippen LogP contribution is 2.33. The van der Waals surface area contributed by atoms with E-state index in [1.165, 1.54) is 6.92 Å². The van der Waals surface area contributed by atoms with E-state index in [0.29, 0.717) is 11.4 Å². The molecule has 19 heavy (non-hydrogen) atoms. The molecule has 2 aromatic rings. The first kappa shape index (κ1) is 14.3. The molecule has 2 aromatic carbocycles. The zero-order chi connectivity index (χ0) is 13.8. The molecule has 0 bridgehead atoms. The second-order valence-electron chi connectivity index (χ2n) is 3.85. The van der Waals surface area contributed by atoms with Gasteiger partial charge in [-0.05, 0) is 52.9 Å². The molecule has 1 amide bonds. The summed E-state index contributed by atoms with van der Waals surface area (Å²) < 4.78 is 7.74. The van der Waals surface area contributed by atoms with Crippen molar-refractivity contribution in [3.8, 4) is 11.5 Å². The normalized spacial score (nSPS) is 10.1. The van der Waals surface area contributed by atoms with Crippen molar-refractivity contribution in [2.75, 3.05) is 5.32 Å². The fraction of sp³-hybridized carbons (Fsp3) is 0.0714. The van der Waals surface area contributed by atoms with Gasteiger partial charge >= 0.3 is 0 Å². The molecule has 0 aromatic heterocycles. The number of hydrogen-bond acceptors (Lipinski definition) is 2. The summed E-state index contributed by atoms with van der Waals surface area (Å²) in [5.74, 6) is 1.24. The summed E-state index contributed by atoms with van der Waals surface area (Å²) in [5, 5.41) is 2.76. The van der Waals surface area contributed by atoms with Crippen LogP contribution in [0, 0.1) is 3.57 Å². The summed E-state index contributed by atoms with van der Waals surface area (Å²) in [6.07, 6.45) is 0. The van der Waals surface area contributed by atoms with Gasteiger partial charge in [-0.2, -0.15) is 0 Å². The van der Waals surface area contributed by atoms with Crippen molar-refractivity contribution in [3.63, 3.8) is 0 Å². The third-order valence-electron chi connectivity index (χ3n) is 2.31. The van der Waals surface area contributed by atoms with Crippen molar-refractivity contribution in [2.45, 2.75) is 6.92 Å². The van der Waals surface area contributed by atoms with E-state index in [9.17, 15) is 4.79 Å². The minimum atomic E-state index is -0.134. The molecule has 0 aliphatic heterocycles. The summed E-state index contributed by atoms with van der Waals surface area (Å²) in [5.41, 5.74) is 0.640. The topological polar surface area (TPSA) is 38.3 Å². The Balaban J connectivity index is 2.34. The van der Waals surface area contributed by atoms with E-state index in [4.69, 9.17) is 4.74 Å². The van der Waals surface area contributed by atoms with Gasteiger partial charge in [0.1, 0.15) is 5.75 Å². The van der Waals surface area contributed by atoms with E-state index in [1.807, 2.05) is 42.5 Å². The molecule has 98 valence electrons. The second-order valence-corrected chi connectivity index (χ2v) is 5.93. The van der Waals surface area contributed by atoms with Crippen LogP contribution in [0.15, 0.2) is 46.9 Å². The molecule has 0 saturated heterocycles. The molecular formula is C14H11BrINO2. The number of ether oxygens (including phenoxy) is 1. The lowest BCUT2D eigenvalue weighted by Crippen LogP contribution is -2.07. The average molecular weight is 432 g/mol. The van der Waals surface area contributed by atoms with Crippen molar-refractivity contribution in [1.29, 1.82) is 0 Å². The van der Waals surface area contributed by atoms with E-state index >= 15 is 0 Å². The maximum absolute atomic E-state index is 11.2. The number of amides is 1. The van der Waals surface area contributed by atoms with Crippen molar-refractivity contribution in [1.82, 2.24) is 0 Å². The summed E-state index contributed by atoms with van der Waals surface area (Å²) in [4.78, 5) is 11.2. The van der Waals surface area contributed by atoms with Crippen LogP contribution >= 0.6 is 38.5 Å². The summed E-state index contributed by atoms with van der Waals surface area (Å²) in [6, 6.07) is 13.2. The van der Waals surface area contributed by atoms with E-state index < -0.39 is 0 Å². The van der Waals surface area contributed by atoms with Crippen LogP contribution in [0.1, 0.15) is 6.92 Å². The van der Waals surface area contributed by atoms with Gasteiger partial charge in [0.15, 0.2) is 5.75 Å². The first-order valence-corrected chi connectivity index (χ1v) is 7.43. The zero-order valence-electron chi connectivity index (χ0n) is 10.1. The quantitative estimate of drug-likeness (QED) is 0.708. The first-order chi connectivity index (χ1) is 9.06. The number of nitrogens with one attached hydrogen (secondary N) is 1. The predicted molar refractivity (Wildman–Crippen MR) is 87.7 cm³/mol. The van der Waals surface area contributed by atoms with Gasteiger partial charge in [0.2, 0.25) is 5.91 Å². The number of para-hydroxylation sites is 1. The van der Waals surface area contributed by atoms with Crippen LogP contribution in [0.4, 0.5) is 5.69 Å². The van der Waals surface area contributed by atoms with Crippen LogP contribution < -0.4 is 10.1 Å². The van der Waals surface area contributed by atoms with Gasteiger partial charge in [0.25, 0.3) is 0 Å². The number of carbonyl (C=O) groups is 1. The fourth-order valence-corrected chi connectivity index (χ4v) is 2.38. The van der Waals surface area contributed by atoms with Gasteiger partial charge in [0.05, 0.1) is 9.26 Å². The minimum Gasteiger partial charge on any atom is -0.454 e. The molecule has 1 N–H and O–H groups in total. The number of hydrogen-bond donors (Lipinski definition) is 1. The zero-order valence-corrected chi connectivity index (χ0v) is 13.9. The summed E-state index contributed by atoms with van der Waals surface area (Å²) in [6.45, 7) is 1.47. The monoisotopic (exact) mass is 431 g/mol. The van der Waals surface area contributed by atoms with Gasteiger partial charge in [-0.3, -0.25) is 4.79 Å². The molecule has 0 saturated carbocycles. The maximum Gasteiger partial charge on any atom is 0.221 e. The van der Waals surface area contributed by atoms with E-state index in [-0.39, 0.29) is 5.91 Å². The van der Waals surface area contributed by atoms with Crippen LogP contribution in [0.25, 0.3) is 0 Å². The van der Waals surface area contributed by atoms with Gasteiger partial charge in [0, 0.05) is 11.4 Å². The van der Waals surface area contributed by atoms with Crippen molar-refractivity contribution < 1.29 is 9.53 Å². The van der Waals surface area contributed by atoms with Crippen LogP contribution in [-0.4, -0.2) is 5.91 Å². The molecule has 0 aliphatic rings. The highest BCUT2D eigenvalue weighted by molar-refractivity contribution is 14.1. The van der Waals surface area contributed by atoms with Crippen LogP contribution in [0.5, 0.6) is 11.5 Å². The van der Waals surface area contributed by atoms with Crippen LogP contribution in [0.2, 0.25) is 0 Å². The van der Waals surface area contributed by atoms with E-state index in [0.717, 1.165) is 13.8 Å². The van der Waals surface area contributed by atoms with E-state index in [2.05, 4.69) is 43.8 Å². The highest BCUT2D eigenvalue weighted by atomic mass is 127. The largest absolute Gasteiger partial charge is 0.454 e. The molecule has 0 radical (unpaired) electrons. The SMILES string of the molecule is CC(=O)Nc1cc(Br)ccc1Oc1ccccc1I. The Morgan fingerprint density at radius 2 is 1.95 bits per heavy atom. The number of benzene rings is 2. The molecule has 2 rings (SSSR count). The molecule has 0 aliphatic carbocycles. The molecule has 0 heterocycles. The van der Waals surface area contributed by atoms with Crippen LogP contribution in [-0.2, 0) is 4.79 Å². The fourth-order valence-electron chi connectivity index (χ4n) is 1.52. The Kier molecular flexibility index (Phi) is 4.81. The molecule has 0 unspecified atom stereocenters. The summed E-state index contributed by atoms with van der Waals surface area (Å²) in [7, 11) is 0. The number of halogens is 2. The molecule has 0 atom stereocenters. The maximum atomic E-state index is 11.2. The third kappa shape index (κ3) is 3.94. The lowest BCUT2D eigenvalue weighted by Gasteiger charge is -2.12. The standard InChI is InChI=1S/C14H11BrINO2/c1-9(18)17-12-8-10(15)6-7-14(12)19-13-5-3-2-4-11(13)16/h2-8H,1H3,(H,17,18). The molecule has 0 fully saturated rings. The Morgan fingerprint density at radius 1 is 1.21 bits per heavy atom. The molecule has 3 nitrogen and oxygen atoms in total. The van der Waals surface area contributed by atoms with Crippen molar-refractivity contribution in [2.24, 2.45) is 0 Å². The Bertz CT molecular complexity index is 616. The number of carbonyl (C=O) groups excluding carboxylic acids is 1. The summed E-state index contributed by atoms with van der Waals surface area (Å²) >= 11 is 5.59. The third-order valence-corrected chi connectivity index (χ3v) is 3.69. The van der Waals surface area contributed by atoms with Gasteiger partial charge in [-0.1, -0.05) is 28.1 Å². The van der Waals surface area contributed by atoms with Gasteiger partial charge in [-0.15, -0.1) is 0 Å².